The van der Waals surface area contributed by atoms with Crippen LogP contribution in [0.25, 0.3) is 0 Å². The SMILES string of the molecule is O=C(CCC1CCCCC1)N1CCN(c2nc(C(F)F)cs2)CC1. The minimum Gasteiger partial charge on any atom is -0.345 e. The molecular weight excluding hydrogens is 332 g/mol. The van der Waals surface area contributed by atoms with E-state index in [1.165, 1.54) is 48.8 Å². The van der Waals surface area contributed by atoms with Gasteiger partial charge in [-0.3, -0.25) is 4.79 Å². The highest BCUT2D eigenvalue weighted by Crippen LogP contribution is 2.29. The molecule has 1 saturated carbocycles. The molecule has 2 fully saturated rings. The monoisotopic (exact) mass is 357 g/mol. The van der Waals surface area contributed by atoms with E-state index in [1.807, 2.05) is 9.80 Å². The van der Waals surface area contributed by atoms with Gasteiger partial charge in [-0.15, -0.1) is 11.3 Å². The van der Waals surface area contributed by atoms with Crippen LogP contribution < -0.4 is 4.90 Å². The predicted octanol–water partition coefficient (Wildman–Crippen LogP) is 4.09. The fraction of sp³-hybridized carbons (Fsp3) is 0.765. The Kier molecular flexibility index (Phi) is 6.03. The lowest BCUT2D eigenvalue weighted by molar-refractivity contribution is -0.131. The molecule has 0 radical (unpaired) electrons. The fourth-order valence-electron chi connectivity index (χ4n) is 3.63. The molecule has 2 aliphatic rings. The van der Waals surface area contributed by atoms with E-state index < -0.39 is 6.43 Å². The van der Waals surface area contributed by atoms with Crippen LogP contribution in [0.4, 0.5) is 13.9 Å². The van der Waals surface area contributed by atoms with Crippen molar-refractivity contribution < 1.29 is 13.6 Å². The van der Waals surface area contributed by atoms with Gasteiger partial charge in [0.2, 0.25) is 5.91 Å². The number of carbonyl (C=O) groups excluding carboxylic acids is 1. The van der Waals surface area contributed by atoms with Crippen LogP contribution in [0, 0.1) is 5.92 Å². The molecule has 24 heavy (non-hydrogen) atoms. The molecule has 0 aromatic carbocycles. The Hall–Kier alpha value is -1.24. The molecule has 0 spiro atoms. The number of amides is 1. The number of hydrogen-bond donors (Lipinski definition) is 0. The maximum atomic E-state index is 12.6. The first-order valence-electron chi connectivity index (χ1n) is 8.90. The van der Waals surface area contributed by atoms with Crippen molar-refractivity contribution in [2.75, 3.05) is 31.1 Å². The molecule has 0 unspecified atom stereocenters. The number of nitrogens with zero attached hydrogens (tertiary/aromatic N) is 3. The third-order valence-electron chi connectivity index (χ3n) is 5.13. The molecule has 7 heteroatoms. The summed E-state index contributed by atoms with van der Waals surface area (Å²) in [7, 11) is 0. The summed E-state index contributed by atoms with van der Waals surface area (Å²) in [6.45, 7) is 2.66. The van der Waals surface area contributed by atoms with E-state index in [1.54, 1.807) is 0 Å². The minimum absolute atomic E-state index is 0.152. The van der Waals surface area contributed by atoms with Crippen molar-refractivity contribution in [3.8, 4) is 0 Å². The van der Waals surface area contributed by atoms with E-state index >= 15 is 0 Å². The Balaban J connectivity index is 1.43. The normalized spacial score (nSPS) is 20.0. The molecule has 0 N–H and O–H groups in total. The van der Waals surface area contributed by atoms with E-state index in [-0.39, 0.29) is 11.6 Å². The Morgan fingerprint density at radius 1 is 1.21 bits per heavy atom. The molecule has 0 bridgehead atoms. The average Bonchev–Trinajstić information content (AvgIpc) is 3.11. The maximum Gasteiger partial charge on any atom is 0.281 e. The minimum atomic E-state index is -2.52. The second-order valence-electron chi connectivity index (χ2n) is 6.77. The second kappa shape index (κ2) is 8.23. The van der Waals surface area contributed by atoms with Gasteiger partial charge in [0.15, 0.2) is 5.13 Å². The highest BCUT2D eigenvalue weighted by molar-refractivity contribution is 7.13. The van der Waals surface area contributed by atoms with Crippen molar-refractivity contribution in [3.05, 3.63) is 11.1 Å². The molecule has 1 saturated heterocycles. The van der Waals surface area contributed by atoms with E-state index in [9.17, 15) is 13.6 Å². The van der Waals surface area contributed by atoms with Gasteiger partial charge < -0.3 is 9.80 Å². The zero-order valence-electron chi connectivity index (χ0n) is 13.9. The predicted molar refractivity (Wildman–Crippen MR) is 91.7 cm³/mol. The number of piperazine rings is 1. The summed E-state index contributed by atoms with van der Waals surface area (Å²) < 4.78 is 25.3. The van der Waals surface area contributed by atoms with Gasteiger partial charge >= 0.3 is 0 Å². The van der Waals surface area contributed by atoms with Crippen LogP contribution in [-0.2, 0) is 4.79 Å². The standard InChI is InChI=1S/C17H25F2N3OS/c18-16(19)14-12-24-17(20-14)22-10-8-21(9-11-22)15(23)7-6-13-4-2-1-3-5-13/h12-13,16H,1-11H2. The van der Waals surface area contributed by atoms with Gasteiger partial charge in [0.25, 0.3) is 6.43 Å². The largest absolute Gasteiger partial charge is 0.345 e. The first kappa shape index (κ1) is 17.6. The molecule has 0 atom stereocenters. The first-order chi connectivity index (χ1) is 11.6. The molecule has 4 nitrogen and oxygen atoms in total. The molecule has 1 aromatic heterocycles. The van der Waals surface area contributed by atoms with Crippen LogP contribution >= 0.6 is 11.3 Å². The maximum absolute atomic E-state index is 12.6. The number of hydrogen-bond acceptors (Lipinski definition) is 4. The van der Waals surface area contributed by atoms with E-state index in [0.717, 1.165) is 12.3 Å². The van der Waals surface area contributed by atoms with Crippen molar-refractivity contribution in [3.63, 3.8) is 0 Å². The van der Waals surface area contributed by atoms with Crippen LogP contribution in [-0.4, -0.2) is 42.0 Å². The first-order valence-corrected chi connectivity index (χ1v) is 9.78. The number of aromatic nitrogens is 1. The van der Waals surface area contributed by atoms with Crippen LogP contribution in [0.15, 0.2) is 5.38 Å². The summed E-state index contributed by atoms with van der Waals surface area (Å²) >= 11 is 1.25. The Labute approximate surface area is 145 Å². The summed E-state index contributed by atoms with van der Waals surface area (Å²) in [5, 5.41) is 2.06. The molecule has 2 heterocycles. The number of carbonyl (C=O) groups is 1. The van der Waals surface area contributed by atoms with Crippen molar-refractivity contribution >= 4 is 22.4 Å². The fourth-order valence-corrected chi connectivity index (χ4v) is 4.50. The number of halogens is 2. The van der Waals surface area contributed by atoms with Gasteiger partial charge in [-0.2, -0.15) is 0 Å². The van der Waals surface area contributed by atoms with E-state index in [4.69, 9.17) is 0 Å². The molecule has 1 aromatic rings. The molecular formula is C17H25F2N3OS. The van der Waals surface area contributed by atoms with Gasteiger partial charge in [0.1, 0.15) is 5.69 Å². The second-order valence-corrected chi connectivity index (χ2v) is 7.60. The zero-order valence-corrected chi connectivity index (χ0v) is 14.7. The average molecular weight is 357 g/mol. The smallest absolute Gasteiger partial charge is 0.281 e. The molecule has 1 amide bonds. The number of thiazole rings is 1. The van der Waals surface area contributed by atoms with E-state index in [0.29, 0.717) is 37.7 Å². The van der Waals surface area contributed by atoms with Crippen LogP contribution in [0.2, 0.25) is 0 Å². The Morgan fingerprint density at radius 2 is 1.92 bits per heavy atom. The lowest BCUT2D eigenvalue weighted by atomic mass is 9.86. The number of rotatable bonds is 5. The summed E-state index contributed by atoms with van der Waals surface area (Å²) in [6, 6.07) is 0. The summed E-state index contributed by atoms with van der Waals surface area (Å²) in [4.78, 5) is 20.3. The van der Waals surface area contributed by atoms with Crippen molar-refractivity contribution in [2.24, 2.45) is 5.92 Å². The van der Waals surface area contributed by atoms with E-state index in [2.05, 4.69) is 4.98 Å². The number of anilines is 1. The third-order valence-corrected chi connectivity index (χ3v) is 6.05. The van der Waals surface area contributed by atoms with Gasteiger partial charge in [-0.25, -0.2) is 13.8 Å². The Morgan fingerprint density at radius 3 is 2.54 bits per heavy atom. The quantitative estimate of drug-likeness (QED) is 0.796. The molecule has 134 valence electrons. The summed E-state index contributed by atoms with van der Waals surface area (Å²) in [5.74, 6) is 0.972. The van der Waals surface area contributed by atoms with Crippen molar-refractivity contribution in [1.82, 2.24) is 9.88 Å². The highest BCUT2D eigenvalue weighted by atomic mass is 32.1. The van der Waals surface area contributed by atoms with Crippen molar-refractivity contribution in [2.45, 2.75) is 51.4 Å². The van der Waals surface area contributed by atoms with Gasteiger partial charge in [0.05, 0.1) is 0 Å². The molecule has 1 aliphatic heterocycles. The zero-order chi connectivity index (χ0) is 16.9. The molecule has 1 aliphatic carbocycles. The summed E-state index contributed by atoms with van der Waals surface area (Å²) in [5.41, 5.74) is -0.152. The lowest BCUT2D eigenvalue weighted by Crippen LogP contribution is -2.48. The van der Waals surface area contributed by atoms with Crippen LogP contribution in [0.1, 0.15) is 57.1 Å². The lowest BCUT2D eigenvalue weighted by Gasteiger charge is -2.35. The number of alkyl halides is 2. The van der Waals surface area contributed by atoms with Gasteiger partial charge in [-0.1, -0.05) is 32.1 Å². The van der Waals surface area contributed by atoms with Gasteiger partial charge in [0, 0.05) is 38.0 Å². The topological polar surface area (TPSA) is 36.4 Å². The third kappa shape index (κ3) is 4.43. The highest BCUT2D eigenvalue weighted by Gasteiger charge is 2.24. The summed E-state index contributed by atoms with van der Waals surface area (Å²) in [6.07, 6.45) is 5.67. The van der Waals surface area contributed by atoms with Crippen molar-refractivity contribution in [1.29, 1.82) is 0 Å². The van der Waals surface area contributed by atoms with Crippen LogP contribution in [0.3, 0.4) is 0 Å². The Bertz CT molecular complexity index is 538. The molecule has 3 rings (SSSR count). The van der Waals surface area contributed by atoms with Gasteiger partial charge in [-0.05, 0) is 12.3 Å². The van der Waals surface area contributed by atoms with Crippen LogP contribution in [0.5, 0.6) is 0 Å².